The predicted molar refractivity (Wildman–Crippen MR) is 65.1 cm³/mol. The second-order valence-electron chi connectivity index (χ2n) is 4.17. The van der Waals surface area contributed by atoms with Crippen LogP contribution in [0.1, 0.15) is 19.8 Å². The van der Waals surface area contributed by atoms with E-state index in [-0.39, 0.29) is 0 Å². The van der Waals surface area contributed by atoms with Crippen LogP contribution >= 0.6 is 11.8 Å². The van der Waals surface area contributed by atoms with Gasteiger partial charge in [0.25, 0.3) is 0 Å². The van der Waals surface area contributed by atoms with Gasteiger partial charge in [-0.25, -0.2) is 0 Å². The molecule has 0 spiro atoms. The van der Waals surface area contributed by atoms with Gasteiger partial charge in [0.05, 0.1) is 0 Å². The number of nitrogens with one attached hydrogen (secondary N) is 1. The Bertz CT molecular complexity index is 302. The van der Waals surface area contributed by atoms with E-state index in [9.17, 15) is 0 Å². The molecule has 3 heteroatoms. The third-order valence-corrected chi connectivity index (χ3v) is 4.80. The minimum atomic E-state index is 0.698. The highest BCUT2D eigenvalue weighted by atomic mass is 32.2. The summed E-state index contributed by atoms with van der Waals surface area (Å²) in [5, 5.41) is 4.16. The fourth-order valence-electron chi connectivity index (χ4n) is 2.29. The molecule has 1 saturated carbocycles. The normalized spacial score (nSPS) is 30.7. The van der Waals surface area contributed by atoms with Gasteiger partial charge in [0.2, 0.25) is 0 Å². The molecule has 1 aliphatic carbocycles. The quantitative estimate of drug-likeness (QED) is 0.851. The van der Waals surface area contributed by atoms with Crippen molar-refractivity contribution in [2.45, 2.75) is 36.0 Å². The Kier molecular flexibility index (Phi) is 3.65. The van der Waals surface area contributed by atoms with Crippen LogP contribution in [0.25, 0.3) is 0 Å². The Morgan fingerprint density at radius 1 is 1.33 bits per heavy atom. The summed E-state index contributed by atoms with van der Waals surface area (Å²) in [5.74, 6) is 0.758. The minimum Gasteiger partial charge on any atom is -0.317 e. The molecule has 0 saturated heterocycles. The monoisotopic (exact) mass is 222 g/mol. The van der Waals surface area contributed by atoms with Gasteiger partial charge in [-0.2, -0.15) is 0 Å². The number of hydrogen-bond acceptors (Lipinski definition) is 3. The first-order valence-electron chi connectivity index (χ1n) is 5.55. The van der Waals surface area contributed by atoms with Crippen LogP contribution in [-0.4, -0.2) is 23.3 Å². The maximum absolute atomic E-state index is 4.04. The Labute approximate surface area is 95.9 Å². The zero-order valence-electron chi connectivity index (χ0n) is 9.31. The van der Waals surface area contributed by atoms with E-state index >= 15 is 0 Å². The van der Waals surface area contributed by atoms with Crippen LogP contribution in [0.4, 0.5) is 0 Å². The summed E-state index contributed by atoms with van der Waals surface area (Å²) < 4.78 is 0. The zero-order valence-corrected chi connectivity index (χ0v) is 10.1. The molecule has 3 atom stereocenters. The van der Waals surface area contributed by atoms with Crippen molar-refractivity contribution in [3.63, 3.8) is 0 Å². The topological polar surface area (TPSA) is 24.9 Å². The highest BCUT2D eigenvalue weighted by Crippen LogP contribution is 2.38. The van der Waals surface area contributed by atoms with Crippen LogP contribution in [0.15, 0.2) is 29.4 Å². The number of thioether (sulfide) groups is 1. The molecule has 1 N–H and O–H groups in total. The van der Waals surface area contributed by atoms with E-state index in [0.717, 1.165) is 11.2 Å². The molecule has 0 amide bonds. The number of pyridine rings is 1. The largest absolute Gasteiger partial charge is 0.317 e. The number of nitrogens with zero attached hydrogens (tertiary/aromatic N) is 1. The molecule has 1 aromatic heterocycles. The van der Waals surface area contributed by atoms with Crippen molar-refractivity contribution in [2.24, 2.45) is 5.92 Å². The molecule has 2 nitrogen and oxygen atoms in total. The van der Waals surface area contributed by atoms with Crippen LogP contribution in [0, 0.1) is 5.92 Å². The van der Waals surface area contributed by atoms with Crippen LogP contribution < -0.4 is 5.32 Å². The summed E-state index contributed by atoms with van der Waals surface area (Å²) in [7, 11) is 2.07. The maximum Gasteiger partial charge on any atom is 0.0278 e. The van der Waals surface area contributed by atoms with E-state index < -0.39 is 0 Å². The molecule has 1 aromatic rings. The van der Waals surface area contributed by atoms with Gasteiger partial charge in [0.15, 0.2) is 0 Å². The number of rotatable bonds is 3. The van der Waals surface area contributed by atoms with Crippen molar-refractivity contribution >= 4 is 11.8 Å². The molecular weight excluding hydrogens is 204 g/mol. The van der Waals surface area contributed by atoms with Gasteiger partial charge < -0.3 is 5.32 Å². The third-order valence-electron chi connectivity index (χ3n) is 3.29. The van der Waals surface area contributed by atoms with Gasteiger partial charge in [-0.15, -0.1) is 11.8 Å². The van der Waals surface area contributed by atoms with Crippen molar-refractivity contribution in [3.8, 4) is 0 Å². The Balaban J connectivity index is 1.96. The molecule has 0 aliphatic heterocycles. The van der Waals surface area contributed by atoms with Gasteiger partial charge in [-0.05, 0) is 37.9 Å². The van der Waals surface area contributed by atoms with E-state index in [1.165, 1.54) is 17.7 Å². The molecule has 0 bridgehead atoms. The summed E-state index contributed by atoms with van der Waals surface area (Å²) in [6.07, 6.45) is 6.37. The van der Waals surface area contributed by atoms with E-state index in [2.05, 4.69) is 36.4 Å². The Hall–Kier alpha value is -0.540. The fourth-order valence-corrected chi connectivity index (χ4v) is 3.58. The van der Waals surface area contributed by atoms with Crippen LogP contribution in [0.2, 0.25) is 0 Å². The SMILES string of the molecule is CNC1CCC(Sc2ccncc2)C1C. The lowest BCUT2D eigenvalue weighted by molar-refractivity contribution is 0.464. The molecule has 0 aromatic carbocycles. The van der Waals surface area contributed by atoms with Crippen molar-refractivity contribution < 1.29 is 0 Å². The maximum atomic E-state index is 4.04. The minimum absolute atomic E-state index is 0.698. The molecule has 3 unspecified atom stereocenters. The molecular formula is C12H18N2S. The molecule has 1 aliphatic rings. The summed E-state index contributed by atoms with van der Waals surface area (Å²) in [4.78, 5) is 5.39. The van der Waals surface area contributed by atoms with Gasteiger partial charge in [-0.1, -0.05) is 6.92 Å². The molecule has 2 rings (SSSR count). The second kappa shape index (κ2) is 4.99. The number of aromatic nitrogens is 1. The van der Waals surface area contributed by atoms with Crippen molar-refractivity contribution in [1.82, 2.24) is 10.3 Å². The summed E-state index contributed by atoms with van der Waals surface area (Å²) >= 11 is 2.00. The first kappa shape index (κ1) is 11.0. The van der Waals surface area contributed by atoms with Crippen LogP contribution in [0.5, 0.6) is 0 Å². The molecule has 1 heterocycles. The fraction of sp³-hybridized carbons (Fsp3) is 0.583. The van der Waals surface area contributed by atoms with Crippen LogP contribution in [-0.2, 0) is 0 Å². The second-order valence-corrected chi connectivity index (χ2v) is 5.48. The zero-order chi connectivity index (χ0) is 10.7. The lowest BCUT2D eigenvalue weighted by Crippen LogP contribution is -2.29. The van der Waals surface area contributed by atoms with E-state index in [4.69, 9.17) is 0 Å². The molecule has 0 radical (unpaired) electrons. The molecule has 1 fully saturated rings. The average molecular weight is 222 g/mol. The lowest BCUT2D eigenvalue weighted by Gasteiger charge is -2.19. The van der Waals surface area contributed by atoms with Crippen molar-refractivity contribution in [1.29, 1.82) is 0 Å². The summed E-state index contributed by atoms with van der Waals surface area (Å²) in [6.45, 7) is 2.35. The van der Waals surface area contributed by atoms with Crippen molar-refractivity contribution in [3.05, 3.63) is 24.5 Å². The van der Waals surface area contributed by atoms with Crippen molar-refractivity contribution in [2.75, 3.05) is 7.05 Å². The first-order valence-corrected chi connectivity index (χ1v) is 6.43. The van der Waals surface area contributed by atoms with E-state index in [0.29, 0.717) is 6.04 Å². The van der Waals surface area contributed by atoms with Gasteiger partial charge in [0.1, 0.15) is 0 Å². The Morgan fingerprint density at radius 3 is 2.67 bits per heavy atom. The molecule has 15 heavy (non-hydrogen) atoms. The highest BCUT2D eigenvalue weighted by Gasteiger charge is 2.32. The summed E-state index contributed by atoms with van der Waals surface area (Å²) in [5.41, 5.74) is 0. The van der Waals surface area contributed by atoms with Crippen LogP contribution in [0.3, 0.4) is 0 Å². The highest BCUT2D eigenvalue weighted by molar-refractivity contribution is 8.00. The lowest BCUT2D eigenvalue weighted by atomic mass is 10.1. The van der Waals surface area contributed by atoms with E-state index in [1.807, 2.05) is 24.2 Å². The smallest absolute Gasteiger partial charge is 0.0278 e. The first-order chi connectivity index (χ1) is 7.31. The van der Waals surface area contributed by atoms with Gasteiger partial charge in [0, 0.05) is 28.6 Å². The summed E-state index contributed by atoms with van der Waals surface area (Å²) in [6, 6.07) is 4.90. The average Bonchev–Trinajstić information content (AvgIpc) is 2.62. The van der Waals surface area contributed by atoms with Gasteiger partial charge in [-0.3, -0.25) is 4.98 Å². The predicted octanol–water partition coefficient (Wildman–Crippen LogP) is 2.56. The third kappa shape index (κ3) is 2.52. The number of hydrogen-bond donors (Lipinski definition) is 1. The van der Waals surface area contributed by atoms with Gasteiger partial charge >= 0.3 is 0 Å². The van der Waals surface area contributed by atoms with E-state index in [1.54, 1.807) is 0 Å². The standard InChI is InChI=1S/C12H18N2S/c1-9-11(13-2)3-4-12(9)15-10-5-7-14-8-6-10/h5-9,11-13H,3-4H2,1-2H3. The Morgan fingerprint density at radius 2 is 2.07 bits per heavy atom. The molecule has 82 valence electrons.